The van der Waals surface area contributed by atoms with E-state index in [0.29, 0.717) is 0 Å². The van der Waals surface area contributed by atoms with Crippen molar-refractivity contribution in [2.24, 2.45) is 17.8 Å². The van der Waals surface area contributed by atoms with E-state index in [9.17, 15) is 0 Å². The number of hydrogen-bond acceptors (Lipinski definition) is 0. The van der Waals surface area contributed by atoms with E-state index >= 15 is 0 Å². The van der Waals surface area contributed by atoms with Crippen molar-refractivity contribution in [3.05, 3.63) is 44.7 Å². The largest absolute Gasteiger partial charge is 0 e. The van der Waals surface area contributed by atoms with E-state index in [-0.39, 0.29) is 22.9 Å². The Balaban J connectivity index is -0.000000144. The van der Waals surface area contributed by atoms with Gasteiger partial charge in [-0.2, -0.15) is 0 Å². The molecule has 0 radical (unpaired) electrons. The van der Waals surface area contributed by atoms with Gasteiger partial charge >= 0.3 is 56.5 Å². The first-order chi connectivity index (χ1) is 10.8. The van der Waals surface area contributed by atoms with Crippen molar-refractivity contribution < 1.29 is 40.6 Å². The standard InChI is InChI=1S/C11H15N.5CO.Cr/c1-12-11-5-8-2-9(6-11)4-10(3-8)7-11;5*1-2;/h8-10H,2-7H2;;;;;;. The van der Waals surface area contributed by atoms with E-state index in [1.807, 2.05) is 0 Å². The Morgan fingerprint density at radius 3 is 1.00 bits per heavy atom. The Morgan fingerprint density at radius 1 is 0.609 bits per heavy atom. The third-order valence-corrected chi connectivity index (χ3v) is 4.24. The van der Waals surface area contributed by atoms with Gasteiger partial charge in [0.1, 0.15) is 0 Å². The number of hydrogen-bond donors (Lipinski definition) is 0. The molecule has 0 atom stereocenters. The second kappa shape index (κ2) is 18.8. The Bertz CT molecular complexity index is 374. The third kappa shape index (κ3) is 8.80. The molecule has 4 saturated carbocycles. The molecule has 0 amide bonds. The fourth-order valence-corrected chi connectivity index (χ4v) is 4.20. The fraction of sp³-hybridized carbons (Fsp3) is 0.625. The van der Waals surface area contributed by atoms with Gasteiger partial charge in [0, 0.05) is 36.6 Å². The molecule has 0 aromatic carbocycles. The molecule has 0 N–H and O–H groups in total. The molecule has 0 aromatic rings. The van der Waals surface area contributed by atoms with Gasteiger partial charge in [-0.25, -0.2) is 6.57 Å². The van der Waals surface area contributed by atoms with E-state index in [2.05, 4.69) is 38.1 Å². The predicted molar refractivity (Wildman–Crippen MR) is 67.2 cm³/mol. The van der Waals surface area contributed by atoms with Crippen molar-refractivity contribution in [3.8, 4) is 0 Å². The van der Waals surface area contributed by atoms with Crippen LogP contribution in [0.5, 0.6) is 0 Å². The zero-order valence-electron chi connectivity index (χ0n) is 12.4. The Labute approximate surface area is 147 Å². The van der Waals surface area contributed by atoms with Gasteiger partial charge in [-0.3, -0.25) is 0 Å². The average molecular weight is 353 g/mol. The molecule has 6 nitrogen and oxygen atoms in total. The molecular formula is C16H15CrNO5. The second-order valence-electron chi connectivity index (χ2n) is 5.25. The fourth-order valence-electron chi connectivity index (χ4n) is 4.20. The van der Waals surface area contributed by atoms with Crippen LogP contribution in [0.15, 0.2) is 0 Å². The summed E-state index contributed by atoms with van der Waals surface area (Å²) in [7, 11) is 0. The maximum Gasteiger partial charge on any atom is 0 e. The molecule has 0 saturated heterocycles. The van der Waals surface area contributed by atoms with Gasteiger partial charge < -0.3 is 4.85 Å². The van der Waals surface area contributed by atoms with Crippen molar-refractivity contribution in [2.45, 2.75) is 44.1 Å². The van der Waals surface area contributed by atoms with E-state index in [1.165, 1.54) is 38.5 Å². The molecule has 0 heterocycles. The maximum absolute atomic E-state index is 7.50. The van der Waals surface area contributed by atoms with Crippen LogP contribution in [0.2, 0.25) is 0 Å². The molecule has 120 valence electrons. The minimum atomic E-state index is 0. The summed E-state index contributed by atoms with van der Waals surface area (Å²) in [4.78, 5) is 3.93. The van der Waals surface area contributed by atoms with Crippen LogP contribution in [0, 0.1) is 57.6 Å². The summed E-state index contributed by atoms with van der Waals surface area (Å²) >= 11 is 0. The summed E-state index contributed by atoms with van der Waals surface area (Å²) in [5, 5.41) is 0. The van der Waals surface area contributed by atoms with Gasteiger partial charge in [-0.1, -0.05) is 0 Å². The molecular weight excluding hydrogens is 338 g/mol. The molecule has 0 aliphatic heterocycles. The van der Waals surface area contributed by atoms with E-state index in [0.717, 1.165) is 17.8 Å². The summed E-state index contributed by atoms with van der Waals surface area (Å²) in [5.74, 6) is 2.81. The predicted octanol–water partition coefficient (Wildman–Crippen LogP) is 2.68. The van der Waals surface area contributed by atoms with Gasteiger partial charge in [0.25, 0.3) is 0 Å². The molecule has 0 unspecified atom stereocenters. The molecule has 0 spiro atoms. The zero-order valence-corrected chi connectivity index (χ0v) is 13.6. The molecule has 4 rings (SSSR count). The van der Waals surface area contributed by atoms with Crippen LogP contribution < -0.4 is 0 Å². The Kier molecular flexibility index (Phi) is 24.2. The minimum absolute atomic E-state index is 0. The van der Waals surface area contributed by atoms with Crippen LogP contribution in [-0.4, -0.2) is 5.54 Å². The van der Waals surface area contributed by atoms with Gasteiger partial charge in [0.15, 0.2) is 0 Å². The van der Waals surface area contributed by atoms with Crippen molar-refractivity contribution in [1.29, 1.82) is 0 Å². The van der Waals surface area contributed by atoms with Crippen molar-refractivity contribution in [2.75, 3.05) is 0 Å². The number of rotatable bonds is 0. The van der Waals surface area contributed by atoms with Crippen LogP contribution in [0.3, 0.4) is 0 Å². The summed E-state index contributed by atoms with van der Waals surface area (Å²) in [6.07, 6.45) is 8.08. The quantitative estimate of drug-likeness (QED) is 0.472. The molecule has 23 heavy (non-hydrogen) atoms. The van der Waals surface area contributed by atoms with Crippen LogP contribution in [0.4, 0.5) is 0 Å². The van der Waals surface area contributed by atoms with Crippen molar-refractivity contribution >= 4 is 0 Å². The first kappa shape index (κ1) is 29.7. The first-order valence-corrected chi connectivity index (χ1v) is 6.20. The van der Waals surface area contributed by atoms with Crippen LogP contribution in [0.1, 0.15) is 38.5 Å². The van der Waals surface area contributed by atoms with Gasteiger partial charge in [0.2, 0.25) is 5.54 Å². The van der Waals surface area contributed by atoms with Gasteiger partial charge in [-0.15, -0.1) is 0 Å². The second-order valence-corrected chi connectivity index (χ2v) is 5.25. The monoisotopic (exact) mass is 353 g/mol. The minimum Gasteiger partial charge on any atom is 0 e. The van der Waals surface area contributed by atoms with E-state index < -0.39 is 0 Å². The van der Waals surface area contributed by atoms with Gasteiger partial charge in [0.05, 0.1) is 0 Å². The Hall–Kier alpha value is -1.28. The molecule has 4 aliphatic rings. The summed E-state index contributed by atoms with van der Waals surface area (Å²) in [6, 6.07) is 0. The summed E-state index contributed by atoms with van der Waals surface area (Å²) < 4.78 is 37.5. The van der Waals surface area contributed by atoms with Crippen LogP contribution in [0.25, 0.3) is 4.85 Å². The maximum atomic E-state index is 7.50. The topological polar surface area (TPSA) is 104 Å². The van der Waals surface area contributed by atoms with Crippen molar-refractivity contribution in [3.63, 3.8) is 0 Å². The summed E-state index contributed by atoms with van der Waals surface area (Å²) in [5.41, 5.74) is 0.134. The molecule has 4 bridgehead atoms. The SMILES string of the molecule is [C-]#[N+]C12CC3CC(CC(C3)C1)C2.[C-]#[O+].[C-]#[O+].[C-]#[O+].[C-]#[O+].[C-]#[O+].[Cr]. The van der Waals surface area contributed by atoms with Crippen LogP contribution in [-0.2, 0) is 40.6 Å². The third-order valence-electron chi connectivity index (χ3n) is 4.24. The molecule has 4 aliphatic carbocycles. The molecule has 0 aromatic heterocycles. The zero-order chi connectivity index (χ0) is 18.2. The first-order valence-electron chi connectivity index (χ1n) is 6.20. The molecule has 4 fully saturated rings. The van der Waals surface area contributed by atoms with E-state index in [1.54, 1.807) is 0 Å². The van der Waals surface area contributed by atoms with Crippen LogP contribution >= 0.6 is 0 Å². The molecule has 7 heteroatoms. The normalized spacial score (nSPS) is 29.3. The smallest absolute Gasteiger partial charge is 0 e. The number of nitrogens with zero attached hydrogens (tertiary/aromatic N) is 1. The van der Waals surface area contributed by atoms with E-state index in [4.69, 9.17) is 29.8 Å². The summed E-state index contributed by atoms with van der Waals surface area (Å²) in [6.45, 7) is 29.8. The average Bonchev–Trinajstić information content (AvgIpc) is 2.63. The Morgan fingerprint density at radius 2 is 0.826 bits per heavy atom. The van der Waals surface area contributed by atoms with Crippen molar-refractivity contribution in [1.82, 2.24) is 0 Å². The van der Waals surface area contributed by atoms with Gasteiger partial charge in [-0.05, 0) is 37.0 Å².